The predicted molar refractivity (Wildman–Crippen MR) is 90.9 cm³/mol. The van der Waals surface area contributed by atoms with E-state index >= 15 is 0 Å². The van der Waals surface area contributed by atoms with E-state index in [-0.39, 0.29) is 0 Å². The fourth-order valence-electron chi connectivity index (χ4n) is 1.92. The minimum atomic E-state index is -2.12. The van der Waals surface area contributed by atoms with Gasteiger partial charge in [-0.25, -0.2) is 0 Å². The molecule has 3 nitrogen and oxygen atoms in total. The van der Waals surface area contributed by atoms with Crippen LogP contribution in [0.15, 0.2) is 12.2 Å². The third-order valence-corrected chi connectivity index (χ3v) is 11.6. The molecule has 0 unspecified atom stereocenters. The normalized spacial score (nSPS) is 13.7. The zero-order chi connectivity index (χ0) is 15.3. The van der Waals surface area contributed by atoms with Crippen LogP contribution in [0.2, 0.25) is 51.9 Å². The van der Waals surface area contributed by atoms with Crippen LogP contribution in [-0.2, 0) is 13.0 Å². The van der Waals surface area contributed by atoms with Gasteiger partial charge in [-0.15, -0.1) is 0 Å². The van der Waals surface area contributed by atoms with E-state index in [0.29, 0.717) is 13.2 Å². The van der Waals surface area contributed by atoms with E-state index < -0.39 is 25.2 Å². The highest BCUT2D eigenvalue weighted by Crippen LogP contribution is 2.24. The summed E-state index contributed by atoms with van der Waals surface area (Å²) in [5.74, 6) is 0. The van der Waals surface area contributed by atoms with Crippen LogP contribution in [0.25, 0.3) is 0 Å². The summed E-state index contributed by atoms with van der Waals surface area (Å²) in [6, 6.07) is 0.898. The van der Waals surface area contributed by atoms with E-state index in [2.05, 4.69) is 52.4 Å². The van der Waals surface area contributed by atoms with E-state index in [4.69, 9.17) is 13.0 Å². The van der Waals surface area contributed by atoms with Gasteiger partial charge in [-0.2, -0.15) is 0 Å². The van der Waals surface area contributed by atoms with Crippen LogP contribution < -0.4 is 0 Å². The van der Waals surface area contributed by atoms with Crippen molar-refractivity contribution < 1.29 is 13.0 Å². The highest BCUT2D eigenvalue weighted by molar-refractivity contribution is 6.87. The third kappa shape index (κ3) is 11.8. The molecule has 0 aliphatic rings. The molecular weight excluding hydrogens is 288 g/mol. The maximum atomic E-state index is 6.40. The number of rotatable bonds is 9. The van der Waals surface area contributed by atoms with Crippen LogP contribution in [0.3, 0.4) is 0 Å². The SMILES string of the molecule is C=C(C)COCC[Si](C)(O[Si](C)(C)C)O[Si](C)(C)C. The molecule has 0 aromatic carbocycles. The Morgan fingerprint density at radius 3 is 1.63 bits per heavy atom. The Hall–Kier alpha value is 0.271. The van der Waals surface area contributed by atoms with Crippen LogP contribution in [-0.4, -0.2) is 38.4 Å². The van der Waals surface area contributed by atoms with E-state index in [1.54, 1.807) is 0 Å². The fourth-order valence-corrected chi connectivity index (χ4v) is 14.2. The average Bonchev–Trinajstić information content (AvgIpc) is 2.05. The van der Waals surface area contributed by atoms with Gasteiger partial charge in [-0.1, -0.05) is 12.2 Å². The Balaban J connectivity index is 4.54. The van der Waals surface area contributed by atoms with Gasteiger partial charge < -0.3 is 13.0 Å². The van der Waals surface area contributed by atoms with Crippen molar-refractivity contribution in [2.45, 2.75) is 58.8 Å². The van der Waals surface area contributed by atoms with E-state index in [1.165, 1.54) is 0 Å². The van der Waals surface area contributed by atoms with Gasteiger partial charge in [0, 0.05) is 12.7 Å². The minimum Gasteiger partial charge on any atom is -0.437 e. The monoisotopic (exact) mass is 320 g/mol. The maximum Gasteiger partial charge on any atom is 0.316 e. The lowest BCUT2D eigenvalue weighted by Crippen LogP contribution is -2.53. The second kappa shape index (κ2) is 7.33. The zero-order valence-electron chi connectivity index (χ0n) is 14.1. The summed E-state index contributed by atoms with van der Waals surface area (Å²) in [6.07, 6.45) is 0. The summed E-state index contributed by atoms with van der Waals surface area (Å²) >= 11 is 0. The highest BCUT2D eigenvalue weighted by atomic mass is 28.5. The Labute approximate surface area is 122 Å². The molecule has 0 saturated heterocycles. The summed E-state index contributed by atoms with van der Waals surface area (Å²) in [4.78, 5) is 0. The van der Waals surface area contributed by atoms with Crippen molar-refractivity contribution in [3.05, 3.63) is 12.2 Å². The molecule has 0 aromatic rings. The largest absolute Gasteiger partial charge is 0.437 e. The van der Waals surface area contributed by atoms with Crippen LogP contribution in [0, 0.1) is 0 Å². The molecule has 0 rings (SSSR count). The first-order valence-electron chi connectivity index (χ1n) is 6.95. The van der Waals surface area contributed by atoms with Gasteiger partial charge in [-0.3, -0.25) is 0 Å². The molecule has 0 aromatic heterocycles. The van der Waals surface area contributed by atoms with Crippen molar-refractivity contribution in [3.63, 3.8) is 0 Å². The van der Waals surface area contributed by atoms with E-state index in [0.717, 1.165) is 11.6 Å². The van der Waals surface area contributed by atoms with Crippen molar-refractivity contribution in [3.8, 4) is 0 Å². The molecule has 0 aliphatic carbocycles. The van der Waals surface area contributed by atoms with Gasteiger partial charge in [0.05, 0.1) is 6.61 Å². The minimum absolute atomic E-state index is 0.629. The third-order valence-electron chi connectivity index (χ3n) is 2.09. The Kier molecular flexibility index (Phi) is 7.43. The van der Waals surface area contributed by atoms with Crippen molar-refractivity contribution in [2.24, 2.45) is 0 Å². The van der Waals surface area contributed by atoms with E-state index in [1.807, 2.05) is 6.92 Å². The molecule has 0 amide bonds. The van der Waals surface area contributed by atoms with Crippen LogP contribution in [0.5, 0.6) is 0 Å². The van der Waals surface area contributed by atoms with Crippen molar-refractivity contribution in [1.82, 2.24) is 0 Å². The second-order valence-electron chi connectivity index (χ2n) is 7.32. The Bertz CT molecular complexity index is 276. The predicted octanol–water partition coefficient (Wildman–Crippen LogP) is 4.35. The zero-order valence-corrected chi connectivity index (χ0v) is 17.1. The second-order valence-corrected chi connectivity index (χ2v) is 20.2. The van der Waals surface area contributed by atoms with Gasteiger partial charge in [-0.05, 0) is 52.8 Å². The lowest BCUT2D eigenvalue weighted by molar-refractivity contribution is 0.164. The molecule has 19 heavy (non-hydrogen) atoms. The molecule has 0 heterocycles. The molecule has 0 saturated carbocycles. The Morgan fingerprint density at radius 1 is 0.895 bits per heavy atom. The summed E-state index contributed by atoms with van der Waals surface area (Å²) < 4.78 is 18.4. The average molecular weight is 321 g/mol. The molecule has 0 N–H and O–H groups in total. The van der Waals surface area contributed by atoms with Crippen molar-refractivity contribution >= 4 is 25.2 Å². The molecule has 0 aliphatic heterocycles. The van der Waals surface area contributed by atoms with Gasteiger partial charge in [0.25, 0.3) is 0 Å². The van der Waals surface area contributed by atoms with Gasteiger partial charge in [0.2, 0.25) is 0 Å². The molecule has 0 bridgehead atoms. The first kappa shape index (κ1) is 19.3. The summed E-state index contributed by atoms with van der Waals surface area (Å²) in [7, 11) is -5.30. The summed E-state index contributed by atoms with van der Waals surface area (Å²) in [5.41, 5.74) is 1.06. The van der Waals surface area contributed by atoms with E-state index in [9.17, 15) is 0 Å². The number of hydrogen-bond acceptors (Lipinski definition) is 3. The van der Waals surface area contributed by atoms with Crippen molar-refractivity contribution in [2.75, 3.05) is 13.2 Å². The molecule has 0 atom stereocenters. The lowest BCUT2D eigenvalue weighted by Gasteiger charge is -2.38. The van der Waals surface area contributed by atoms with Gasteiger partial charge in [0.15, 0.2) is 16.6 Å². The van der Waals surface area contributed by atoms with Gasteiger partial charge in [0.1, 0.15) is 0 Å². The van der Waals surface area contributed by atoms with Crippen molar-refractivity contribution in [1.29, 1.82) is 0 Å². The number of ether oxygens (including phenoxy) is 1. The summed E-state index contributed by atoms with van der Waals surface area (Å²) in [6.45, 7) is 22.7. The quantitative estimate of drug-likeness (QED) is 0.359. The fraction of sp³-hybridized carbons (Fsp3) is 0.846. The van der Waals surface area contributed by atoms with Crippen LogP contribution >= 0.6 is 0 Å². The Morgan fingerprint density at radius 2 is 1.32 bits per heavy atom. The topological polar surface area (TPSA) is 27.7 Å². The first-order valence-corrected chi connectivity index (χ1v) is 16.3. The van der Waals surface area contributed by atoms with Crippen LogP contribution in [0.1, 0.15) is 6.92 Å². The molecule has 0 spiro atoms. The molecule has 0 fully saturated rings. The van der Waals surface area contributed by atoms with Gasteiger partial charge >= 0.3 is 8.56 Å². The molecule has 6 heteroatoms. The maximum absolute atomic E-state index is 6.40. The number of hydrogen-bond donors (Lipinski definition) is 0. The molecular formula is C13H32O3Si3. The highest BCUT2D eigenvalue weighted by Gasteiger charge is 2.39. The summed E-state index contributed by atoms with van der Waals surface area (Å²) in [5, 5.41) is 0. The van der Waals surface area contributed by atoms with Crippen LogP contribution in [0.4, 0.5) is 0 Å². The lowest BCUT2D eigenvalue weighted by atomic mass is 10.4. The standard InChI is InChI=1S/C13H32O3Si3/c1-13(2)12-14-10-11-19(9,15-17(3,4)5)16-18(6,7)8/h1,10-12H2,2-9H3. The smallest absolute Gasteiger partial charge is 0.316 e. The first-order chi connectivity index (χ1) is 8.33. The molecule has 114 valence electrons. The molecule has 0 radical (unpaired) electrons.